The smallest absolute Gasteiger partial charge is 0.309 e. The summed E-state index contributed by atoms with van der Waals surface area (Å²) in [6.45, 7) is 5.02. The molecule has 2 heteroatoms. The van der Waals surface area contributed by atoms with Gasteiger partial charge >= 0.3 is 5.97 Å². The molecule has 3 saturated carbocycles. The van der Waals surface area contributed by atoms with Crippen molar-refractivity contribution in [3.63, 3.8) is 0 Å². The van der Waals surface area contributed by atoms with Gasteiger partial charge in [-0.1, -0.05) is 31.9 Å². The van der Waals surface area contributed by atoms with E-state index in [1.807, 2.05) is 0 Å². The molecule has 0 amide bonds. The van der Waals surface area contributed by atoms with Crippen LogP contribution in [0.25, 0.3) is 0 Å². The van der Waals surface area contributed by atoms with Gasteiger partial charge in [0, 0.05) is 0 Å². The summed E-state index contributed by atoms with van der Waals surface area (Å²) in [7, 11) is 1.58. The van der Waals surface area contributed by atoms with E-state index < -0.39 is 0 Å². The highest BCUT2D eigenvalue weighted by Crippen LogP contribution is 2.66. The van der Waals surface area contributed by atoms with Crippen molar-refractivity contribution in [2.75, 3.05) is 7.11 Å². The number of fused-ring (bicyclic) bond motifs is 5. The maximum absolute atomic E-state index is 12.6. The van der Waals surface area contributed by atoms with Gasteiger partial charge in [-0.2, -0.15) is 0 Å². The van der Waals surface area contributed by atoms with Gasteiger partial charge in [-0.3, -0.25) is 4.79 Å². The molecule has 0 N–H and O–H groups in total. The lowest BCUT2D eigenvalue weighted by Crippen LogP contribution is -2.54. The lowest BCUT2D eigenvalue weighted by molar-refractivity contribution is -0.157. The monoisotopic (exact) mass is 316 g/mol. The Morgan fingerprint density at radius 3 is 2.74 bits per heavy atom. The molecule has 0 saturated heterocycles. The van der Waals surface area contributed by atoms with Crippen LogP contribution in [-0.2, 0) is 9.53 Å². The van der Waals surface area contributed by atoms with Crippen LogP contribution in [0.15, 0.2) is 11.6 Å². The molecule has 0 spiro atoms. The van der Waals surface area contributed by atoms with Crippen molar-refractivity contribution in [2.45, 2.75) is 71.6 Å². The van der Waals surface area contributed by atoms with Crippen LogP contribution in [-0.4, -0.2) is 13.1 Å². The third kappa shape index (κ3) is 2.16. The fraction of sp³-hybridized carbons (Fsp3) is 0.857. The van der Waals surface area contributed by atoms with Crippen LogP contribution < -0.4 is 0 Å². The summed E-state index contributed by atoms with van der Waals surface area (Å²) in [5.41, 5.74) is 2.43. The summed E-state index contributed by atoms with van der Waals surface area (Å²) >= 11 is 0. The van der Waals surface area contributed by atoms with Crippen molar-refractivity contribution in [1.29, 1.82) is 0 Å². The molecule has 4 aliphatic rings. The molecule has 0 unspecified atom stereocenters. The Morgan fingerprint density at radius 1 is 1.13 bits per heavy atom. The minimum absolute atomic E-state index is 0.0599. The molecule has 3 fully saturated rings. The van der Waals surface area contributed by atoms with Crippen molar-refractivity contribution in [3.05, 3.63) is 11.6 Å². The first-order chi connectivity index (χ1) is 11.0. The molecule has 6 atom stereocenters. The minimum Gasteiger partial charge on any atom is -0.469 e. The van der Waals surface area contributed by atoms with Crippen LogP contribution in [0.2, 0.25) is 0 Å². The number of ether oxygens (including phenoxy) is 1. The number of rotatable bonds is 1. The molecule has 0 bridgehead atoms. The zero-order valence-electron chi connectivity index (χ0n) is 15.1. The van der Waals surface area contributed by atoms with Crippen molar-refractivity contribution in [1.82, 2.24) is 0 Å². The van der Waals surface area contributed by atoms with Crippen LogP contribution in [0.3, 0.4) is 0 Å². The molecule has 0 radical (unpaired) electrons. The average molecular weight is 316 g/mol. The summed E-state index contributed by atoms with van der Waals surface area (Å²) in [6.07, 6.45) is 14.1. The summed E-state index contributed by atoms with van der Waals surface area (Å²) in [4.78, 5) is 12.6. The minimum atomic E-state index is 0.0599. The summed E-state index contributed by atoms with van der Waals surface area (Å²) in [5.74, 6) is 2.17. The van der Waals surface area contributed by atoms with Crippen molar-refractivity contribution in [2.24, 2.45) is 34.5 Å². The van der Waals surface area contributed by atoms with E-state index in [2.05, 4.69) is 19.9 Å². The average Bonchev–Trinajstić information content (AvgIpc) is 2.94. The Hall–Kier alpha value is -0.790. The zero-order valence-corrected chi connectivity index (χ0v) is 15.1. The van der Waals surface area contributed by atoms with E-state index in [0.717, 1.165) is 12.3 Å². The molecule has 128 valence electrons. The highest BCUT2D eigenvalue weighted by atomic mass is 16.5. The molecule has 0 aromatic rings. The van der Waals surface area contributed by atoms with Crippen molar-refractivity contribution >= 4 is 5.97 Å². The normalized spacial score (nSPS) is 48.7. The number of hydrogen-bond acceptors (Lipinski definition) is 2. The maximum atomic E-state index is 12.6. The number of hydrogen-bond donors (Lipinski definition) is 0. The quantitative estimate of drug-likeness (QED) is 0.495. The number of carbonyl (C=O) groups excluding carboxylic acids is 1. The molecule has 4 aliphatic carbocycles. The van der Waals surface area contributed by atoms with E-state index >= 15 is 0 Å². The predicted octanol–water partition coefficient (Wildman–Crippen LogP) is 5.13. The van der Waals surface area contributed by atoms with E-state index in [9.17, 15) is 4.79 Å². The number of carbonyl (C=O) groups is 1. The van der Waals surface area contributed by atoms with Gasteiger partial charge in [0.25, 0.3) is 0 Å². The zero-order chi connectivity index (χ0) is 16.2. The third-order valence-corrected chi connectivity index (χ3v) is 8.37. The molecule has 0 aromatic carbocycles. The largest absolute Gasteiger partial charge is 0.469 e. The summed E-state index contributed by atoms with van der Waals surface area (Å²) < 4.78 is 5.27. The summed E-state index contributed by atoms with van der Waals surface area (Å²) in [6, 6.07) is 0. The molecular formula is C21H32O2. The van der Waals surface area contributed by atoms with E-state index in [1.165, 1.54) is 51.4 Å². The van der Waals surface area contributed by atoms with Gasteiger partial charge in [0.15, 0.2) is 0 Å². The molecule has 23 heavy (non-hydrogen) atoms. The lowest BCUT2D eigenvalue weighted by atomic mass is 9.45. The molecule has 4 rings (SSSR count). The van der Waals surface area contributed by atoms with Gasteiger partial charge in [0.1, 0.15) is 0 Å². The first-order valence-corrected chi connectivity index (χ1v) is 9.77. The van der Waals surface area contributed by atoms with Gasteiger partial charge in [0.05, 0.1) is 13.0 Å². The van der Waals surface area contributed by atoms with Crippen LogP contribution in [0.4, 0.5) is 0 Å². The van der Waals surface area contributed by atoms with E-state index in [1.54, 1.807) is 12.7 Å². The first-order valence-electron chi connectivity index (χ1n) is 9.77. The van der Waals surface area contributed by atoms with Crippen LogP contribution in [0, 0.1) is 34.5 Å². The second-order valence-electron chi connectivity index (χ2n) is 9.25. The fourth-order valence-corrected chi connectivity index (χ4v) is 7.13. The molecular weight excluding hydrogens is 284 g/mol. The maximum Gasteiger partial charge on any atom is 0.309 e. The SMILES string of the molecule is COC(=O)[C@@H]1CC2=CCCC[C@]2(C)[C@H]2CC[C@]3(C)CCC[C@H]3[C@H]12. The van der Waals surface area contributed by atoms with E-state index in [0.29, 0.717) is 22.7 Å². The van der Waals surface area contributed by atoms with Crippen LogP contribution >= 0.6 is 0 Å². The van der Waals surface area contributed by atoms with Gasteiger partial charge in [-0.25, -0.2) is 0 Å². The topological polar surface area (TPSA) is 26.3 Å². The number of methoxy groups -OCH3 is 1. The van der Waals surface area contributed by atoms with Gasteiger partial charge in [-0.15, -0.1) is 0 Å². The molecule has 0 aromatic heterocycles. The highest BCUT2D eigenvalue weighted by Gasteiger charge is 2.60. The Bertz CT molecular complexity index is 536. The lowest BCUT2D eigenvalue weighted by Gasteiger charge is -2.59. The Kier molecular flexibility index (Phi) is 3.66. The first kappa shape index (κ1) is 15.7. The van der Waals surface area contributed by atoms with Gasteiger partial charge in [0.2, 0.25) is 0 Å². The number of esters is 1. The highest BCUT2D eigenvalue weighted by molar-refractivity contribution is 5.73. The fourth-order valence-electron chi connectivity index (χ4n) is 7.13. The Balaban J connectivity index is 1.77. The van der Waals surface area contributed by atoms with Crippen molar-refractivity contribution < 1.29 is 9.53 Å². The molecule has 0 aliphatic heterocycles. The second kappa shape index (κ2) is 5.36. The van der Waals surface area contributed by atoms with Gasteiger partial charge < -0.3 is 4.74 Å². The Morgan fingerprint density at radius 2 is 1.96 bits per heavy atom. The van der Waals surface area contributed by atoms with E-state index in [-0.39, 0.29) is 11.9 Å². The van der Waals surface area contributed by atoms with Crippen LogP contribution in [0.5, 0.6) is 0 Å². The third-order valence-electron chi connectivity index (χ3n) is 8.37. The van der Waals surface area contributed by atoms with E-state index in [4.69, 9.17) is 4.74 Å². The van der Waals surface area contributed by atoms with Crippen LogP contribution in [0.1, 0.15) is 71.6 Å². The standard InChI is InChI=1S/C21H32O2/c1-20-10-6-8-16(20)18-15(19(22)23-3)13-14-7-4-5-11-21(14,2)17(18)9-12-20/h7,15-18H,4-6,8-13H2,1-3H3/t15-,16+,17+,18+,20+,21+/m1/s1. The summed E-state index contributed by atoms with van der Waals surface area (Å²) in [5, 5.41) is 0. The predicted molar refractivity (Wildman–Crippen MR) is 91.8 cm³/mol. The molecule has 0 heterocycles. The Labute approximate surface area is 141 Å². The second-order valence-corrected chi connectivity index (χ2v) is 9.25. The van der Waals surface area contributed by atoms with Crippen molar-refractivity contribution in [3.8, 4) is 0 Å². The number of allylic oxidation sites excluding steroid dienone is 2. The molecule has 2 nitrogen and oxygen atoms in total. The van der Waals surface area contributed by atoms with Gasteiger partial charge in [-0.05, 0) is 80.0 Å².